The number of halogens is 1. The fourth-order valence-corrected chi connectivity index (χ4v) is 3.60. The summed E-state index contributed by atoms with van der Waals surface area (Å²) in [5, 5.41) is 0.819. The fraction of sp³-hybridized carbons (Fsp3) is 0.435. The van der Waals surface area contributed by atoms with Crippen LogP contribution in [0.4, 0.5) is 0 Å². The predicted molar refractivity (Wildman–Crippen MR) is 113 cm³/mol. The van der Waals surface area contributed by atoms with E-state index in [4.69, 9.17) is 11.6 Å². The molecule has 1 saturated heterocycles. The van der Waals surface area contributed by atoms with Crippen molar-refractivity contribution in [1.82, 2.24) is 9.80 Å². The summed E-state index contributed by atoms with van der Waals surface area (Å²) in [6.07, 6.45) is 0. The quantitative estimate of drug-likeness (QED) is 0.751. The van der Waals surface area contributed by atoms with Gasteiger partial charge in [-0.3, -0.25) is 9.69 Å². The van der Waals surface area contributed by atoms with Crippen LogP contribution in [0.1, 0.15) is 47.8 Å². The van der Waals surface area contributed by atoms with Crippen LogP contribution in [-0.2, 0) is 12.0 Å². The zero-order chi connectivity index (χ0) is 19.6. The smallest absolute Gasteiger partial charge is 0.253 e. The van der Waals surface area contributed by atoms with Gasteiger partial charge in [0, 0.05) is 43.3 Å². The van der Waals surface area contributed by atoms with Gasteiger partial charge in [0.25, 0.3) is 5.91 Å². The van der Waals surface area contributed by atoms with Gasteiger partial charge in [0.05, 0.1) is 0 Å². The van der Waals surface area contributed by atoms with Crippen molar-refractivity contribution in [2.75, 3.05) is 26.2 Å². The van der Waals surface area contributed by atoms with E-state index in [0.717, 1.165) is 48.9 Å². The predicted octanol–water partition coefficient (Wildman–Crippen LogP) is 4.90. The van der Waals surface area contributed by atoms with Crippen molar-refractivity contribution >= 4 is 17.5 Å². The van der Waals surface area contributed by atoms with Crippen LogP contribution in [0.25, 0.3) is 0 Å². The summed E-state index contributed by atoms with van der Waals surface area (Å²) in [7, 11) is 0. The lowest BCUT2D eigenvalue weighted by atomic mass is 9.86. The van der Waals surface area contributed by atoms with Crippen molar-refractivity contribution in [1.29, 1.82) is 0 Å². The lowest BCUT2D eigenvalue weighted by Gasteiger charge is -2.35. The van der Waals surface area contributed by atoms with Crippen LogP contribution >= 0.6 is 11.6 Å². The highest BCUT2D eigenvalue weighted by Gasteiger charge is 2.23. The summed E-state index contributed by atoms with van der Waals surface area (Å²) in [5.74, 6) is 0.133. The first-order valence-electron chi connectivity index (χ1n) is 9.61. The number of piperazine rings is 1. The molecule has 0 aliphatic carbocycles. The summed E-state index contributed by atoms with van der Waals surface area (Å²) < 4.78 is 0. The van der Waals surface area contributed by atoms with E-state index in [1.807, 2.05) is 30.0 Å². The number of benzene rings is 2. The number of aryl methyl sites for hydroxylation is 1. The third-order valence-electron chi connectivity index (χ3n) is 5.30. The second-order valence-corrected chi connectivity index (χ2v) is 8.89. The molecule has 3 rings (SSSR count). The van der Waals surface area contributed by atoms with Gasteiger partial charge in [0.1, 0.15) is 0 Å². The van der Waals surface area contributed by atoms with Gasteiger partial charge in [-0.1, -0.05) is 56.6 Å². The molecular formula is C23H29ClN2O. The van der Waals surface area contributed by atoms with Crippen molar-refractivity contribution in [2.45, 2.75) is 39.7 Å². The van der Waals surface area contributed by atoms with E-state index in [1.54, 1.807) is 0 Å². The molecule has 0 N–H and O–H groups in total. The second kappa shape index (κ2) is 8.04. The molecule has 0 unspecified atom stereocenters. The van der Waals surface area contributed by atoms with E-state index in [2.05, 4.69) is 49.9 Å². The molecule has 1 fully saturated rings. The van der Waals surface area contributed by atoms with E-state index in [-0.39, 0.29) is 11.3 Å². The highest BCUT2D eigenvalue weighted by Crippen LogP contribution is 2.23. The van der Waals surface area contributed by atoms with Gasteiger partial charge in [0.15, 0.2) is 0 Å². The summed E-state index contributed by atoms with van der Waals surface area (Å²) >= 11 is 6.23. The Balaban J connectivity index is 1.56. The summed E-state index contributed by atoms with van der Waals surface area (Å²) in [6, 6.07) is 14.3. The highest BCUT2D eigenvalue weighted by molar-refractivity contribution is 6.31. The Hall–Kier alpha value is -1.84. The monoisotopic (exact) mass is 384 g/mol. The Morgan fingerprint density at radius 3 is 2.19 bits per heavy atom. The maximum Gasteiger partial charge on any atom is 0.253 e. The molecule has 2 aromatic carbocycles. The first kappa shape index (κ1) is 19.9. The average molecular weight is 385 g/mol. The minimum atomic E-state index is 0.103. The van der Waals surface area contributed by atoms with Crippen LogP contribution in [0.3, 0.4) is 0 Å². The highest BCUT2D eigenvalue weighted by atomic mass is 35.5. The number of nitrogens with zero attached hydrogens (tertiary/aromatic N) is 2. The molecule has 0 bridgehead atoms. The number of amides is 1. The van der Waals surface area contributed by atoms with Crippen molar-refractivity contribution in [2.24, 2.45) is 0 Å². The Morgan fingerprint density at radius 2 is 1.63 bits per heavy atom. The standard InChI is InChI=1S/C23H29ClN2O/c1-17-5-6-18(15-21(17)24)16-25-11-13-26(14-12-25)22(27)19-7-9-20(10-8-19)23(2,3)4/h5-10,15H,11-14,16H2,1-4H3. The summed E-state index contributed by atoms with van der Waals surface area (Å²) in [4.78, 5) is 17.1. The molecule has 3 nitrogen and oxygen atoms in total. The van der Waals surface area contributed by atoms with Crippen LogP contribution in [0.15, 0.2) is 42.5 Å². The van der Waals surface area contributed by atoms with Crippen molar-refractivity contribution < 1.29 is 4.79 Å². The molecule has 1 aliphatic heterocycles. The zero-order valence-corrected chi connectivity index (χ0v) is 17.5. The van der Waals surface area contributed by atoms with E-state index in [0.29, 0.717) is 0 Å². The third-order valence-corrected chi connectivity index (χ3v) is 5.71. The number of carbonyl (C=O) groups excluding carboxylic acids is 1. The molecule has 0 atom stereocenters. The van der Waals surface area contributed by atoms with Gasteiger partial charge >= 0.3 is 0 Å². The van der Waals surface area contributed by atoms with Crippen LogP contribution in [-0.4, -0.2) is 41.9 Å². The molecule has 4 heteroatoms. The maximum absolute atomic E-state index is 12.8. The average Bonchev–Trinajstić information content (AvgIpc) is 2.64. The van der Waals surface area contributed by atoms with Gasteiger partial charge in [-0.15, -0.1) is 0 Å². The van der Waals surface area contributed by atoms with Gasteiger partial charge in [0.2, 0.25) is 0 Å². The van der Waals surface area contributed by atoms with Gasteiger partial charge < -0.3 is 4.90 Å². The SMILES string of the molecule is Cc1ccc(CN2CCN(C(=O)c3ccc(C(C)(C)C)cc3)CC2)cc1Cl. The normalized spacial score (nSPS) is 15.8. The first-order valence-corrected chi connectivity index (χ1v) is 9.99. The van der Waals surface area contributed by atoms with Crippen molar-refractivity contribution in [3.05, 3.63) is 69.7 Å². The topological polar surface area (TPSA) is 23.6 Å². The molecule has 144 valence electrons. The van der Waals surface area contributed by atoms with Gasteiger partial charge in [-0.2, -0.15) is 0 Å². The van der Waals surface area contributed by atoms with Crippen molar-refractivity contribution in [3.8, 4) is 0 Å². The lowest BCUT2D eigenvalue weighted by Crippen LogP contribution is -2.48. The molecule has 2 aromatic rings. The minimum Gasteiger partial charge on any atom is -0.336 e. The minimum absolute atomic E-state index is 0.103. The van der Waals surface area contributed by atoms with Gasteiger partial charge in [-0.05, 0) is 47.2 Å². The fourth-order valence-electron chi connectivity index (χ4n) is 3.40. The Labute approximate surface area is 167 Å². The number of rotatable bonds is 3. The molecular weight excluding hydrogens is 356 g/mol. The van der Waals surface area contributed by atoms with E-state index in [9.17, 15) is 4.79 Å². The molecule has 27 heavy (non-hydrogen) atoms. The van der Waals surface area contributed by atoms with Crippen LogP contribution in [0, 0.1) is 6.92 Å². The van der Waals surface area contributed by atoms with E-state index in [1.165, 1.54) is 11.1 Å². The number of hydrogen-bond donors (Lipinski definition) is 0. The molecule has 0 spiro atoms. The molecule has 1 heterocycles. The Kier molecular flexibility index (Phi) is 5.92. The molecule has 0 saturated carbocycles. The molecule has 0 radical (unpaired) electrons. The second-order valence-electron chi connectivity index (χ2n) is 8.48. The summed E-state index contributed by atoms with van der Waals surface area (Å²) in [5.41, 5.74) is 4.46. The molecule has 1 aliphatic rings. The zero-order valence-electron chi connectivity index (χ0n) is 16.8. The number of carbonyl (C=O) groups is 1. The van der Waals surface area contributed by atoms with Gasteiger partial charge in [-0.25, -0.2) is 0 Å². The summed E-state index contributed by atoms with van der Waals surface area (Å²) in [6.45, 7) is 12.7. The maximum atomic E-state index is 12.8. The van der Waals surface area contributed by atoms with Crippen LogP contribution < -0.4 is 0 Å². The van der Waals surface area contributed by atoms with Crippen LogP contribution in [0.2, 0.25) is 5.02 Å². The molecule has 1 amide bonds. The lowest BCUT2D eigenvalue weighted by molar-refractivity contribution is 0.0628. The van der Waals surface area contributed by atoms with E-state index >= 15 is 0 Å². The van der Waals surface area contributed by atoms with Crippen LogP contribution in [0.5, 0.6) is 0 Å². The largest absolute Gasteiger partial charge is 0.336 e. The first-order chi connectivity index (χ1) is 12.7. The molecule has 0 aromatic heterocycles. The Bertz CT molecular complexity index is 800. The Morgan fingerprint density at radius 1 is 1.00 bits per heavy atom. The van der Waals surface area contributed by atoms with E-state index < -0.39 is 0 Å². The number of hydrogen-bond acceptors (Lipinski definition) is 2. The van der Waals surface area contributed by atoms with Crippen molar-refractivity contribution in [3.63, 3.8) is 0 Å². The third kappa shape index (κ3) is 4.91.